The number of fused-ring (bicyclic) bond motifs is 3. The van der Waals surface area contributed by atoms with E-state index in [1.807, 2.05) is 72.8 Å². The molecule has 1 heterocycles. The molecule has 0 aliphatic carbocycles. The Bertz CT molecular complexity index is 2010. The molecule has 0 amide bonds. The molecule has 6 aromatic rings. The maximum absolute atomic E-state index is 14.1. The number of carbonyl (C=O) groups is 3. The quantitative estimate of drug-likeness (QED) is 0.170. The first-order valence-electron chi connectivity index (χ1n) is 13.2. The highest BCUT2D eigenvalue weighted by Crippen LogP contribution is 2.46. The Balaban J connectivity index is 1.37. The van der Waals surface area contributed by atoms with E-state index in [1.165, 1.54) is 0 Å². The van der Waals surface area contributed by atoms with E-state index in [1.54, 1.807) is 60.7 Å². The Labute approximate surface area is 235 Å². The van der Waals surface area contributed by atoms with E-state index in [2.05, 4.69) is 0 Å². The van der Waals surface area contributed by atoms with Crippen molar-refractivity contribution in [1.29, 1.82) is 0 Å². The van der Waals surface area contributed by atoms with Crippen LogP contribution in [-0.2, 0) is 15.3 Å². The number of hydrogen-bond donors (Lipinski definition) is 0. The van der Waals surface area contributed by atoms with Crippen molar-refractivity contribution in [2.45, 2.75) is 5.79 Å². The van der Waals surface area contributed by atoms with E-state index in [0.717, 1.165) is 21.5 Å². The number of benzene rings is 6. The van der Waals surface area contributed by atoms with Gasteiger partial charge in [0.2, 0.25) is 0 Å². The molecule has 0 fully saturated rings. The maximum atomic E-state index is 14.1. The van der Waals surface area contributed by atoms with E-state index in [4.69, 9.17) is 9.47 Å². The number of carbonyl (C=O) groups excluding carboxylic acids is 3. The molecule has 0 N–H and O–H groups in total. The smallest absolute Gasteiger partial charge is 0.342 e. The standard InChI is InChI=1S/C36H22O5/c37-33(27-20-9-13-23-11-1-3-15-25(23)27)28-17-5-6-18-29(28)34(38)40-36(32-21-8-7-19-30(32)35(39)41-36)31-22-10-14-24-12-2-4-16-26(24)31/h1-22H. The number of hydrogen-bond acceptors (Lipinski definition) is 5. The fourth-order valence-corrected chi connectivity index (χ4v) is 5.65. The van der Waals surface area contributed by atoms with Crippen molar-refractivity contribution in [1.82, 2.24) is 0 Å². The van der Waals surface area contributed by atoms with Gasteiger partial charge in [-0.2, -0.15) is 0 Å². The fraction of sp³-hybridized carbons (Fsp3) is 0.0278. The molecule has 0 bridgehead atoms. The van der Waals surface area contributed by atoms with Gasteiger partial charge in [0.25, 0.3) is 0 Å². The predicted molar refractivity (Wildman–Crippen MR) is 156 cm³/mol. The molecule has 1 atom stereocenters. The predicted octanol–water partition coefficient (Wildman–Crippen LogP) is 7.45. The summed E-state index contributed by atoms with van der Waals surface area (Å²) in [6.07, 6.45) is 0. The molecule has 0 spiro atoms. The average molecular weight is 535 g/mol. The van der Waals surface area contributed by atoms with Crippen molar-refractivity contribution in [3.8, 4) is 0 Å². The second-order valence-corrected chi connectivity index (χ2v) is 9.87. The van der Waals surface area contributed by atoms with Crippen LogP contribution in [0.15, 0.2) is 133 Å². The minimum atomic E-state index is -1.85. The molecule has 7 rings (SSSR count). The molecule has 0 aromatic heterocycles. The molecule has 1 unspecified atom stereocenters. The molecular formula is C36H22O5. The molecule has 5 heteroatoms. The van der Waals surface area contributed by atoms with Crippen molar-refractivity contribution in [2.75, 3.05) is 0 Å². The highest BCUT2D eigenvalue weighted by molar-refractivity contribution is 6.19. The Morgan fingerprint density at radius 2 is 1.07 bits per heavy atom. The van der Waals surface area contributed by atoms with Gasteiger partial charge in [-0.05, 0) is 39.7 Å². The van der Waals surface area contributed by atoms with Crippen molar-refractivity contribution in [3.63, 3.8) is 0 Å². The van der Waals surface area contributed by atoms with Gasteiger partial charge in [0, 0.05) is 16.7 Å². The van der Waals surface area contributed by atoms with Gasteiger partial charge in [0.1, 0.15) is 0 Å². The van der Waals surface area contributed by atoms with Crippen LogP contribution < -0.4 is 0 Å². The zero-order chi connectivity index (χ0) is 28.0. The summed E-state index contributed by atoms with van der Waals surface area (Å²) < 4.78 is 12.2. The summed E-state index contributed by atoms with van der Waals surface area (Å²) in [5.41, 5.74) is 2.00. The molecule has 1 aliphatic rings. The maximum Gasteiger partial charge on any atom is 0.342 e. The van der Waals surface area contributed by atoms with Gasteiger partial charge in [0.15, 0.2) is 5.78 Å². The van der Waals surface area contributed by atoms with Gasteiger partial charge >= 0.3 is 17.7 Å². The normalized spacial score (nSPS) is 15.9. The highest BCUT2D eigenvalue weighted by Gasteiger charge is 2.51. The van der Waals surface area contributed by atoms with Crippen LogP contribution in [0.4, 0.5) is 0 Å². The Kier molecular flexibility index (Phi) is 5.72. The zero-order valence-electron chi connectivity index (χ0n) is 21.7. The van der Waals surface area contributed by atoms with Gasteiger partial charge in [0.05, 0.1) is 16.7 Å². The first kappa shape index (κ1) is 24.5. The lowest BCUT2D eigenvalue weighted by Crippen LogP contribution is -2.35. The first-order valence-corrected chi connectivity index (χ1v) is 13.2. The van der Waals surface area contributed by atoms with E-state index in [0.29, 0.717) is 22.3 Å². The molecule has 6 aromatic carbocycles. The van der Waals surface area contributed by atoms with Gasteiger partial charge in [-0.15, -0.1) is 0 Å². The second-order valence-electron chi connectivity index (χ2n) is 9.87. The van der Waals surface area contributed by atoms with Gasteiger partial charge in [-0.25, -0.2) is 9.59 Å². The monoisotopic (exact) mass is 534 g/mol. The van der Waals surface area contributed by atoms with Gasteiger partial charge in [-0.1, -0.05) is 115 Å². The number of esters is 2. The Hall–Kier alpha value is -5.55. The molecule has 41 heavy (non-hydrogen) atoms. The highest BCUT2D eigenvalue weighted by atomic mass is 16.7. The molecule has 5 nitrogen and oxygen atoms in total. The van der Waals surface area contributed by atoms with Crippen LogP contribution >= 0.6 is 0 Å². The third kappa shape index (κ3) is 3.90. The number of rotatable bonds is 5. The van der Waals surface area contributed by atoms with Crippen molar-refractivity contribution in [3.05, 3.63) is 167 Å². The van der Waals surface area contributed by atoms with E-state index in [9.17, 15) is 14.4 Å². The molecule has 1 aliphatic heterocycles. The topological polar surface area (TPSA) is 69.7 Å². The number of cyclic esters (lactones) is 1. The van der Waals surface area contributed by atoms with E-state index >= 15 is 0 Å². The zero-order valence-corrected chi connectivity index (χ0v) is 21.7. The second kappa shape index (κ2) is 9.57. The van der Waals surface area contributed by atoms with Crippen LogP contribution in [0.25, 0.3) is 21.5 Å². The first-order chi connectivity index (χ1) is 20.1. The lowest BCUT2D eigenvalue weighted by Gasteiger charge is -2.30. The minimum absolute atomic E-state index is 0.0745. The lowest BCUT2D eigenvalue weighted by molar-refractivity contribution is -0.136. The van der Waals surface area contributed by atoms with E-state index < -0.39 is 17.7 Å². The third-order valence-corrected chi connectivity index (χ3v) is 7.54. The summed E-state index contributed by atoms with van der Waals surface area (Å²) in [5.74, 6) is -3.54. The molecular weight excluding hydrogens is 512 g/mol. The largest absolute Gasteiger partial charge is 0.410 e. The van der Waals surface area contributed by atoms with Gasteiger partial charge < -0.3 is 9.47 Å². The molecule has 0 radical (unpaired) electrons. The van der Waals surface area contributed by atoms with E-state index in [-0.39, 0.29) is 16.9 Å². The summed E-state index contributed by atoms with van der Waals surface area (Å²) >= 11 is 0. The summed E-state index contributed by atoms with van der Waals surface area (Å²) in [7, 11) is 0. The summed E-state index contributed by atoms with van der Waals surface area (Å²) in [6.45, 7) is 0. The Morgan fingerprint density at radius 1 is 0.537 bits per heavy atom. The van der Waals surface area contributed by atoms with Crippen molar-refractivity contribution >= 4 is 39.3 Å². The number of ether oxygens (including phenoxy) is 2. The summed E-state index contributed by atoms with van der Waals surface area (Å²) in [5, 5.41) is 3.37. The van der Waals surface area contributed by atoms with Crippen LogP contribution in [0, 0.1) is 0 Å². The molecule has 0 saturated heterocycles. The van der Waals surface area contributed by atoms with Gasteiger partial charge in [-0.3, -0.25) is 4.79 Å². The van der Waals surface area contributed by atoms with Crippen molar-refractivity contribution < 1.29 is 23.9 Å². The molecule has 196 valence electrons. The average Bonchev–Trinajstić information content (AvgIpc) is 3.31. The molecule has 0 saturated carbocycles. The van der Waals surface area contributed by atoms with Crippen LogP contribution in [0.3, 0.4) is 0 Å². The van der Waals surface area contributed by atoms with Crippen molar-refractivity contribution in [2.24, 2.45) is 0 Å². The summed E-state index contributed by atoms with van der Waals surface area (Å²) in [4.78, 5) is 41.1. The number of ketones is 1. The lowest BCUT2D eigenvalue weighted by atomic mass is 9.91. The van der Waals surface area contributed by atoms with Crippen LogP contribution in [0.2, 0.25) is 0 Å². The minimum Gasteiger partial charge on any atom is -0.410 e. The van der Waals surface area contributed by atoms with Crippen LogP contribution in [0.5, 0.6) is 0 Å². The van der Waals surface area contributed by atoms with Crippen LogP contribution in [0.1, 0.15) is 47.8 Å². The Morgan fingerprint density at radius 3 is 1.88 bits per heavy atom. The fourth-order valence-electron chi connectivity index (χ4n) is 5.65. The SMILES string of the molecule is O=C(OC1(c2cccc3ccccc23)OC(=O)c2ccccc21)c1ccccc1C(=O)c1cccc2ccccc12. The van der Waals surface area contributed by atoms with Crippen LogP contribution in [-0.4, -0.2) is 17.7 Å². The summed E-state index contributed by atoms with van der Waals surface area (Å²) in [6, 6.07) is 39.7. The third-order valence-electron chi connectivity index (χ3n) is 7.54.